The van der Waals surface area contributed by atoms with Crippen LogP contribution >= 0.6 is 11.6 Å². The van der Waals surface area contributed by atoms with E-state index in [1.807, 2.05) is 13.0 Å². The van der Waals surface area contributed by atoms with Gasteiger partial charge in [0.1, 0.15) is 11.9 Å². The number of nitrogens with zero attached hydrogens (tertiary/aromatic N) is 3. The van der Waals surface area contributed by atoms with E-state index < -0.39 is 6.04 Å². The van der Waals surface area contributed by atoms with Crippen LogP contribution in [0.25, 0.3) is 0 Å². The second-order valence-corrected chi connectivity index (χ2v) is 5.58. The fraction of sp³-hybridized carbons (Fsp3) is 0.286. The van der Waals surface area contributed by atoms with Crippen molar-refractivity contribution in [3.8, 4) is 0 Å². The number of anilines is 2. The molecule has 114 valence electrons. The second-order valence-electron chi connectivity index (χ2n) is 5.14. The van der Waals surface area contributed by atoms with Gasteiger partial charge in [0.15, 0.2) is 0 Å². The summed E-state index contributed by atoms with van der Waals surface area (Å²) in [4.78, 5) is 28.2. The molecule has 7 nitrogen and oxygen atoms in total. The smallest absolute Gasteiger partial charge is 0.252 e. The highest BCUT2D eigenvalue weighted by Crippen LogP contribution is 2.26. The Bertz CT molecular complexity index is 771. The summed E-state index contributed by atoms with van der Waals surface area (Å²) in [6.45, 7) is 3.59. The first-order chi connectivity index (χ1) is 10.4. The van der Waals surface area contributed by atoms with Crippen LogP contribution in [-0.2, 0) is 9.59 Å². The monoisotopic (exact) mass is 319 g/mol. The van der Waals surface area contributed by atoms with Gasteiger partial charge in [0.25, 0.3) is 5.91 Å². The lowest BCUT2D eigenvalue weighted by molar-refractivity contribution is -0.123. The molecule has 3 rings (SSSR count). The molecule has 1 aliphatic rings. The van der Waals surface area contributed by atoms with Crippen molar-refractivity contribution in [1.82, 2.24) is 14.8 Å². The molecule has 1 unspecified atom stereocenters. The summed E-state index contributed by atoms with van der Waals surface area (Å²) in [7, 11) is 0. The predicted octanol–water partition coefficient (Wildman–Crippen LogP) is 2.07. The molecule has 2 aromatic rings. The Morgan fingerprint density at radius 3 is 3.00 bits per heavy atom. The van der Waals surface area contributed by atoms with Crippen LogP contribution in [0.3, 0.4) is 0 Å². The van der Waals surface area contributed by atoms with Crippen LogP contribution in [0.15, 0.2) is 18.2 Å². The Labute approximate surface area is 131 Å². The van der Waals surface area contributed by atoms with E-state index in [0.29, 0.717) is 22.5 Å². The second kappa shape index (κ2) is 5.42. The number of carbonyl (C=O) groups is 2. The van der Waals surface area contributed by atoms with E-state index in [1.165, 1.54) is 4.68 Å². The third-order valence-electron chi connectivity index (χ3n) is 3.42. The molecule has 1 aliphatic heterocycles. The van der Waals surface area contributed by atoms with Crippen LogP contribution in [0, 0.1) is 13.8 Å². The topological polar surface area (TPSA) is 88.9 Å². The van der Waals surface area contributed by atoms with Crippen molar-refractivity contribution in [2.24, 2.45) is 0 Å². The van der Waals surface area contributed by atoms with Crippen LogP contribution in [0.1, 0.15) is 23.9 Å². The zero-order valence-electron chi connectivity index (χ0n) is 12.1. The van der Waals surface area contributed by atoms with Crippen molar-refractivity contribution >= 4 is 35.1 Å². The molecule has 22 heavy (non-hydrogen) atoms. The largest absolute Gasteiger partial charge is 0.326 e. The molecule has 0 saturated carbocycles. The van der Waals surface area contributed by atoms with E-state index in [1.54, 1.807) is 19.1 Å². The van der Waals surface area contributed by atoms with Crippen LogP contribution in [0.4, 0.5) is 11.6 Å². The number of rotatable bonds is 3. The minimum atomic E-state index is -0.685. The molecule has 8 heteroatoms. The predicted molar refractivity (Wildman–Crippen MR) is 81.9 cm³/mol. The molecule has 1 aromatic carbocycles. The first kappa shape index (κ1) is 14.5. The van der Waals surface area contributed by atoms with Gasteiger partial charge in [0.05, 0.1) is 6.42 Å². The van der Waals surface area contributed by atoms with Gasteiger partial charge in [-0.1, -0.05) is 17.7 Å². The zero-order chi connectivity index (χ0) is 15.9. The highest BCUT2D eigenvalue weighted by Gasteiger charge is 2.34. The summed E-state index contributed by atoms with van der Waals surface area (Å²) in [6, 6.07) is 4.56. The molecule has 2 heterocycles. The van der Waals surface area contributed by atoms with E-state index in [9.17, 15) is 9.59 Å². The number of hydrogen-bond donors (Lipinski definition) is 2. The van der Waals surface area contributed by atoms with Crippen molar-refractivity contribution in [2.45, 2.75) is 26.3 Å². The van der Waals surface area contributed by atoms with Gasteiger partial charge in [-0.05, 0) is 31.5 Å². The Kier molecular flexibility index (Phi) is 3.58. The Balaban J connectivity index is 1.74. The average Bonchev–Trinajstić information content (AvgIpc) is 2.92. The number of hydrogen-bond acceptors (Lipinski definition) is 4. The van der Waals surface area contributed by atoms with Crippen LogP contribution in [0.5, 0.6) is 0 Å². The lowest BCUT2D eigenvalue weighted by Gasteiger charge is -2.11. The molecule has 2 amide bonds. The summed E-state index contributed by atoms with van der Waals surface area (Å²) < 4.78 is 1.45. The Morgan fingerprint density at radius 2 is 2.23 bits per heavy atom. The number of aromatic nitrogens is 3. The molecule has 1 atom stereocenters. The molecule has 0 radical (unpaired) electrons. The SMILES string of the molecule is Cc1nc2n(n1)C(CC(=O)Nc1cc(Cl)ccc1C)C(=O)N2. The molecule has 0 saturated heterocycles. The van der Waals surface area contributed by atoms with E-state index >= 15 is 0 Å². The average molecular weight is 320 g/mol. The quantitative estimate of drug-likeness (QED) is 0.906. The zero-order valence-corrected chi connectivity index (χ0v) is 12.8. The number of carbonyl (C=O) groups excluding carboxylic acids is 2. The van der Waals surface area contributed by atoms with E-state index in [4.69, 9.17) is 11.6 Å². The van der Waals surface area contributed by atoms with E-state index in [2.05, 4.69) is 20.7 Å². The minimum Gasteiger partial charge on any atom is -0.326 e. The maximum absolute atomic E-state index is 12.2. The number of nitrogens with one attached hydrogen (secondary N) is 2. The fourth-order valence-electron chi connectivity index (χ4n) is 2.32. The third kappa shape index (κ3) is 2.67. The third-order valence-corrected chi connectivity index (χ3v) is 3.66. The number of benzene rings is 1. The van der Waals surface area contributed by atoms with Crippen molar-refractivity contribution in [2.75, 3.05) is 10.6 Å². The van der Waals surface area contributed by atoms with Gasteiger partial charge in [-0.2, -0.15) is 10.1 Å². The molecular weight excluding hydrogens is 306 g/mol. The van der Waals surface area contributed by atoms with Gasteiger partial charge in [0.2, 0.25) is 11.9 Å². The normalized spacial score (nSPS) is 16.3. The van der Waals surface area contributed by atoms with Crippen molar-refractivity contribution < 1.29 is 9.59 Å². The maximum Gasteiger partial charge on any atom is 0.252 e. The fourth-order valence-corrected chi connectivity index (χ4v) is 2.49. The molecule has 2 N–H and O–H groups in total. The van der Waals surface area contributed by atoms with Crippen molar-refractivity contribution in [1.29, 1.82) is 0 Å². The van der Waals surface area contributed by atoms with Gasteiger partial charge in [-0.25, -0.2) is 4.68 Å². The van der Waals surface area contributed by atoms with Gasteiger partial charge >= 0.3 is 0 Å². The van der Waals surface area contributed by atoms with Crippen molar-refractivity contribution in [3.05, 3.63) is 34.6 Å². The Hall–Kier alpha value is -2.41. The summed E-state index contributed by atoms with van der Waals surface area (Å²) in [5, 5.41) is 10.1. The van der Waals surface area contributed by atoms with Crippen LogP contribution in [-0.4, -0.2) is 26.6 Å². The van der Waals surface area contributed by atoms with Gasteiger partial charge < -0.3 is 5.32 Å². The number of fused-ring (bicyclic) bond motifs is 1. The van der Waals surface area contributed by atoms with Crippen LogP contribution < -0.4 is 10.6 Å². The van der Waals surface area contributed by atoms with E-state index in [-0.39, 0.29) is 18.2 Å². The molecule has 1 aromatic heterocycles. The van der Waals surface area contributed by atoms with E-state index in [0.717, 1.165) is 5.56 Å². The Morgan fingerprint density at radius 1 is 1.45 bits per heavy atom. The summed E-state index contributed by atoms with van der Waals surface area (Å²) >= 11 is 5.93. The molecule has 0 spiro atoms. The first-order valence-electron chi connectivity index (χ1n) is 6.74. The number of halogens is 1. The number of aryl methyl sites for hydroxylation is 2. The van der Waals surface area contributed by atoms with Crippen molar-refractivity contribution in [3.63, 3.8) is 0 Å². The molecule has 0 fully saturated rings. The lowest BCUT2D eigenvalue weighted by atomic mass is 10.1. The summed E-state index contributed by atoms with van der Waals surface area (Å²) in [5.74, 6) is 0.352. The van der Waals surface area contributed by atoms with Gasteiger partial charge in [-0.3, -0.25) is 14.9 Å². The minimum absolute atomic E-state index is 0.0203. The first-order valence-corrected chi connectivity index (χ1v) is 7.12. The van der Waals surface area contributed by atoms with Crippen LogP contribution in [0.2, 0.25) is 5.02 Å². The maximum atomic E-state index is 12.2. The molecule has 0 bridgehead atoms. The highest BCUT2D eigenvalue weighted by atomic mass is 35.5. The van der Waals surface area contributed by atoms with Gasteiger partial charge in [0, 0.05) is 10.7 Å². The lowest BCUT2D eigenvalue weighted by Crippen LogP contribution is -2.24. The molecular formula is C14H14ClN5O2. The standard InChI is InChI=1S/C14H14ClN5O2/c1-7-3-4-9(15)5-10(7)17-12(21)6-11-13(22)18-14-16-8(2)19-20(11)14/h3-5,11H,6H2,1-2H3,(H,17,21)(H,16,18,19,22). The molecule has 0 aliphatic carbocycles. The summed E-state index contributed by atoms with van der Waals surface area (Å²) in [6.07, 6.45) is -0.0203. The number of amides is 2. The highest BCUT2D eigenvalue weighted by molar-refractivity contribution is 6.31. The summed E-state index contributed by atoms with van der Waals surface area (Å²) in [5.41, 5.74) is 1.52. The van der Waals surface area contributed by atoms with Gasteiger partial charge in [-0.15, -0.1) is 0 Å².